The Morgan fingerprint density at radius 1 is 1.53 bits per heavy atom. The first-order chi connectivity index (χ1) is 7.74. The number of ether oxygens (including phenoxy) is 2. The molecule has 0 atom stereocenters. The molecule has 0 saturated heterocycles. The van der Waals surface area contributed by atoms with E-state index in [1.807, 2.05) is 0 Å². The molecule has 17 heavy (non-hydrogen) atoms. The molecule has 0 aliphatic heterocycles. The number of nitrogens with zero attached hydrogens (tertiary/aromatic N) is 1. The average Bonchev–Trinajstić information content (AvgIpc) is 2.17. The molecule has 0 bridgehead atoms. The van der Waals surface area contributed by atoms with Crippen LogP contribution in [0.2, 0.25) is 0 Å². The van der Waals surface area contributed by atoms with Crippen LogP contribution < -0.4 is 9.47 Å². The summed E-state index contributed by atoms with van der Waals surface area (Å²) in [5.74, 6) is -0.789. The summed E-state index contributed by atoms with van der Waals surface area (Å²) in [5.41, 5.74) is -0.356. The fraction of sp³-hybridized carbons (Fsp3) is 0.250. The molecule has 0 spiro atoms. The number of rotatable bonds is 3. The van der Waals surface area contributed by atoms with Crippen LogP contribution in [0.15, 0.2) is 6.07 Å². The number of aromatic nitrogens is 1. The molecule has 0 radical (unpaired) electrons. The third kappa shape index (κ3) is 3.87. The lowest BCUT2D eigenvalue weighted by Gasteiger charge is -2.11. The van der Waals surface area contributed by atoms with Crippen molar-refractivity contribution in [3.63, 3.8) is 0 Å². The molecule has 4 nitrogen and oxygen atoms in total. The lowest BCUT2D eigenvalue weighted by molar-refractivity contribution is -0.276. The van der Waals surface area contributed by atoms with E-state index in [1.165, 1.54) is 7.11 Å². The quantitative estimate of drug-likeness (QED) is 0.597. The Balaban J connectivity index is 3.25. The Morgan fingerprint density at radius 2 is 2.12 bits per heavy atom. The summed E-state index contributed by atoms with van der Waals surface area (Å²) in [7, 11) is 1.23. The third-order valence-corrected chi connectivity index (χ3v) is 2.75. The molecule has 1 heterocycles. The maximum Gasteiger partial charge on any atom is 0.574 e. The topological polar surface area (TPSA) is 48.4 Å². The van der Waals surface area contributed by atoms with Crippen molar-refractivity contribution < 1.29 is 27.4 Å². The molecule has 0 amide bonds. The van der Waals surface area contributed by atoms with E-state index in [0.29, 0.717) is 0 Å². The van der Waals surface area contributed by atoms with Gasteiger partial charge in [-0.25, -0.2) is 4.98 Å². The SMILES string of the molecule is COc1cc(OC(F)(F)F)nc(C(=O)Cl)c1I. The fourth-order valence-corrected chi connectivity index (χ4v) is 1.97. The first kappa shape index (κ1) is 14.3. The van der Waals surface area contributed by atoms with E-state index in [1.54, 1.807) is 22.6 Å². The van der Waals surface area contributed by atoms with E-state index in [9.17, 15) is 18.0 Å². The number of hydrogen-bond acceptors (Lipinski definition) is 4. The molecule has 0 aliphatic rings. The zero-order chi connectivity index (χ0) is 13.2. The Morgan fingerprint density at radius 3 is 2.53 bits per heavy atom. The van der Waals surface area contributed by atoms with Crippen molar-refractivity contribution in [1.29, 1.82) is 0 Å². The van der Waals surface area contributed by atoms with Gasteiger partial charge in [-0.3, -0.25) is 4.79 Å². The number of carbonyl (C=O) groups excluding carboxylic acids is 1. The smallest absolute Gasteiger partial charge is 0.495 e. The van der Waals surface area contributed by atoms with Crippen LogP contribution in [-0.4, -0.2) is 23.7 Å². The number of pyridine rings is 1. The fourth-order valence-electron chi connectivity index (χ4n) is 0.933. The molecule has 0 fully saturated rings. The molecule has 94 valence electrons. The van der Waals surface area contributed by atoms with Crippen molar-refractivity contribution in [2.75, 3.05) is 7.11 Å². The van der Waals surface area contributed by atoms with Crippen LogP contribution in [0.4, 0.5) is 13.2 Å². The molecule has 1 aromatic heterocycles. The molecule has 9 heteroatoms. The van der Waals surface area contributed by atoms with Crippen LogP contribution >= 0.6 is 34.2 Å². The molecule has 0 N–H and O–H groups in total. The normalized spacial score (nSPS) is 11.2. The molecule has 0 saturated carbocycles. The maximum atomic E-state index is 12.0. The van der Waals surface area contributed by atoms with Gasteiger partial charge in [0.1, 0.15) is 11.4 Å². The van der Waals surface area contributed by atoms with Crippen LogP contribution in [-0.2, 0) is 0 Å². The summed E-state index contributed by atoms with van der Waals surface area (Å²) in [5, 5.41) is -1.000. The molecule has 1 rings (SSSR count). The molecular weight excluding hydrogens is 377 g/mol. The number of hydrogen-bond donors (Lipinski definition) is 0. The summed E-state index contributed by atoms with van der Waals surface area (Å²) in [6, 6.07) is 0.915. The zero-order valence-electron chi connectivity index (χ0n) is 8.14. The molecule has 0 aromatic carbocycles. The van der Waals surface area contributed by atoms with E-state index in [0.717, 1.165) is 6.07 Å². The number of carbonyl (C=O) groups is 1. The first-order valence-electron chi connectivity index (χ1n) is 3.94. The van der Waals surface area contributed by atoms with Crippen molar-refractivity contribution in [1.82, 2.24) is 4.98 Å². The molecule has 0 unspecified atom stereocenters. The van der Waals surface area contributed by atoms with Gasteiger partial charge >= 0.3 is 6.36 Å². The van der Waals surface area contributed by atoms with Gasteiger partial charge < -0.3 is 9.47 Å². The number of methoxy groups -OCH3 is 1. The first-order valence-corrected chi connectivity index (χ1v) is 5.40. The van der Waals surface area contributed by atoms with E-state index in [-0.39, 0.29) is 15.0 Å². The summed E-state index contributed by atoms with van der Waals surface area (Å²) in [6.07, 6.45) is -4.91. The predicted octanol–water partition coefficient (Wildman–Crippen LogP) is 2.97. The number of halogens is 5. The van der Waals surface area contributed by atoms with Crippen molar-refractivity contribution >= 4 is 39.4 Å². The van der Waals surface area contributed by atoms with Crippen molar-refractivity contribution in [3.8, 4) is 11.6 Å². The highest BCUT2D eigenvalue weighted by Gasteiger charge is 2.33. The second kappa shape index (κ2) is 5.25. The Bertz CT molecular complexity index is 452. The van der Waals surface area contributed by atoms with Gasteiger partial charge in [-0.15, -0.1) is 13.2 Å². The van der Waals surface area contributed by atoms with Gasteiger partial charge in [-0.2, -0.15) is 0 Å². The van der Waals surface area contributed by atoms with Gasteiger partial charge in [-0.05, 0) is 34.2 Å². The Kier molecular flexibility index (Phi) is 4.42. The summed E-state index contributed by atoms with van der Waals surface area (Å²) >= 11 is 6.86. The van der Waals surface area contributed by atoms with Crippen molar-refractivity contribution in [2.45, 2.75) is 6.36 Å². The average molecular weight is 381 g/mol. The van der Waals surface area contributed by atoms with Crippen LogP contribution in [0, 0.1) is 3.57 Å². The predicted molar refractivity (Wildman–Crippen MR) is 60.4 cm³/mol. The van der Waals surface area contributed by atoms with Gasteiger partial charge in [0.2, 0.25) is 5.88 Å². The summed E-state index contributed by atoms with van der Waals surface area (Å²) < 4.78 is 44.5. The second-order valence-electron chi connectivity index (χ2n) is 2.65. The largest absolute Gasteiger partial charge is 0.574 e. The number of alkyl halides is 3. The van der Waals surface area contributed by atoms with E-state index < -0.39 is 17.5 Å². The van der Waals surface area contributed by atoms with E-state index in [2.05, 4.69) is 9.72 Å². The van der Waals surface area contributed by atoms with Gasteiger partial charge in [0.05, 0.1) is 10.7 Å². The van der Waals surface area contributed by atoms with Gasteiger partial charge in [0.25, 0.3) is 5.24 Å². The zero-order valence-corrected chi connectivity index (χ0v) is 11.1. The second-order valence-corrected chi connectivity index (χ2v) is 4.07. The van der Waals surface area contributed by atoms with Crippen molar-refractivity contribution in [3.05, 3.63) is 15.3 Å². The lowest BCUT2D eigenvalue weighted by Crippen LogP contribution is -2.19. The van der Waals surface area contributed by atoms with Crippen LogP contribution in [0.25, 0.3) is 0 Å². The minimum Gasteiger partial charge on any atom is -0.495 e. The lowest BCUT2D eigenvalue weighted by atomic mass is 10.3. The van der Waals surface area contributed by atoms with Gasteiger partial charge in [0.15, 0.2) is 0 Å². The monoisotopic (exact) mass is 381 g/mol. The standard InChI is InChI=1S/C8H4ClF3INO3/c1-16-3-2-4(17-8(10,11)12)14-6(5(3)13)7(9)15/h2H,1H3. The minimum atomic E-state index is -4.91. The minimum absolute atomic E-state index is 0.0175. The van der Waals surface area contributed by atoms with Crippen molar-refractivity contribution in [2.24, 2.45) is 0 Å². The summed E-state index contributed by atoms with van der Waals surface area (Å²) in [4.78, 5) is 14.3. The van der Waals surface area contributed by atoms with Crippen LogP contribution in [0.3, 0.4) is 0 Å². The van der Waals surface area contributed by atoms with Gasteiger partial charge in [-0.1, -0.05) is 0 Å². The van der Waals surface area contributed by atoms with Crippen LogP contribution in [0.1, 0.15) is 10.5 Å². The third-order valence-electron chi connectivity index (χ3n) is 1.53. The summed E-state index contributed by atoms with van der Waals surface area (Å²) in [6.45, 7) is 0. The Hall–Kier alpha value is -0.770. The highest BCUT2D eigenvalue weighted by Crippen LogP contribution is 2.30. The highest BCUT2D eigenvalue weighted by atomic mass is 127. The molecule has 0 aliphatic carbocycles. The van der Waals surface area contributed by atoms with E-state index in [4.69, 9.17) is 16.3 Å². The molecular formula is C8H4ClF3INO3. The maximum absolute atomic E-state index is 12.0. The Labute approximate surface area is 112 Å². The highest BCUT2D eigenvalue weighted by molar-refractivity contribution is 14.1. The molecule has 1 aromatic rings. The van der Waals surface area contributed by atoms with Crippen LogP contribution in [0.5, 0.6) is 11.6 Å². The van der Waals surface area contributed by atoms with E-state index >= 15 is 0 Å². The van der Waals surface area contributed by atoms with Gasteiger partial charge in [0, 0.05) is 6.07 Å².